The minimum absolute atomic E-state index is 0.570. The fourth-order valence-corrected chi connectivity index (χ4v) is 1.52. The molecular weight excluding hydrogens is 200 g/mol. The molecule has 0 radical (unpaired) electrons. The monoisotopic (exact) mass is 216 g/mol. The lowest BCUT2D eigenvalue weighted by atomic mass is 10.2. The number of anilines is 1. The summed E-state index contributed by atoms with van der Waals surface area (Å²) >= 11 is 0. The van der Waals surface area contributed by atoms with Crippen molar-refractivity contribution in [1.82, 2.24) is 14.8 Å². The lowest BCUT2D eigenvalue weighted by molar-refractivity contribution is 0.483. The fourth-order valence-electron chi connectivity index (χ4n) is 1.52. The van der Waals surface area contributed by atoms with Gasteiger partial charge in [0.15, 0.2) is 5.82 Å². The molecule has 0 spiro atoms. The molecule has 84 valence electrons. The molecule has 2 rings (SSSR count). The van der Waals surface area contributed by atoms with Gasteiger partial charge in [0, 0.05) is 17.8 Å². The summed E-state index contributed by atoms with van der Waals surface area (Å²) in [6, 6.07) is 7.59. The van der Waals surface area contributed by atoms with E-state index in [9.17, 15) is 0 Å². The summed E-state index contributed by atoms with van der Waals surface area (Å²) in [6.45, 7) is 5.21. The molecule has 0 aliphatic carbocycles. The average molecular weight is 216 g/mol. The first-order chi connectivity index (χ1) is 7.65. The molecule has 16 heavy (non-hydrogen) atoms. The highest BCUT2D eigenvalue weighted by atomic mass is 15.3. The van der Waals surface area contributed by atoms with E-state index in [1.54, 1.807) is 6.33 Å². The van der Waals surface area contributed by atoms with Crippen molar-refractivity contribution < 1.29 is 0 Å². The van der Waals surface area contributed by atoms with E-state index in [0.29, 0.717) is 5.92 Å². The van der Waals surface area contributed by atoms with Gasteiger partial charge in [0.1, 0.15) is 6.33 Å². The van der Waals surface area contributed by atoms with Crippen molar-refractivity contribution in [1.29, 1.82) is 0 Å². The molecule has 1 heterocycles. The third-order valence-electron chi connectivity index (χ3n) is 2.26. The number of rotatable bonds is 3. The Hall–Kier alpha value is -1.84. The van der Waals surface area contributed by atoms with E-state index in [4.69, 9.17) is 5.73 Å². The molecule has 4 nitrogen and oxygen atoms in total. The van der Waals surface area contributed by atoms with E-state index in [1.165, 1.54) is 0 Å². The fraction of sp³-hybridized carbons (Fsp3) is 0.333. The summed E-state index contributed by atoms with van der Waals surface area (Å²) in [6.07, 6.45) is 1.77. The highest BCUT2D eigenvalue weighted by Crippen LogP contribution is 2.16. The quantitative estimate of drug-likeness (QED) is 0.800. The molecule has 0 aliphatic heterocycles. The minimum Gasteiger partial charge on any atom is -0.399 e. The maximum absolute atomic E-state index is 5.63. The van der Waals surface area contributed by atoms with Gasteiger partial charge in [-0.05, 0) is 30.2 Å². The first-order valence-electron chi connectivity index (χ1n) is 5.40. The molecule has 4 heteroatoms. The second-order valence-corrected chi connectivity index (χ2v) is 4.31. The minimum atomic E-state index is 0.570. The Morgan fingerprint density at radius 1 is 1.25 bits per heavy atom. The van der Waals surface area contributed by atoms with Crippen molar-refractivity contribution >= 4 is 5.69 Å². The van der Waals surface area contributed by atoms with Crippen LogP contribution in [0.4, 0.5) is 5.69 Å². The predicted molar refractivity (Wildman–Crippen MR) is 64.7 cm³/mol. The average Bonchev–Trinajstić information content (AvgIpc) is 2.66. The standard InChI is InChI=1S/C12H16N4/c1-9(2)7-16-8-14-12(15-16)10-3-5-11(13)6-4-10/h3-6,8-9H,7,13H2,1-2H3. The van der Waals surface area contributed by atoms with Crippen molar-refractivity contribution in [2.45, 2.75) is 20.4 Å². The van der Waals surface area contributed by atoms with Crippen LogP contribution in [0.5, 0.6) is 0 Å². The van der Waals surface area contributed by atoms with Crippen molar-refractivity contribution in [3.05, 3.63) is 30.6 Å². The van der Waals surface area contributed by atoms with E-state index < -0.39 is 0 Å². The number of hydrogen-bond donors (Lipinski definition) is 1. The molecular formula is C12H16N4. The number of aromatic nitrogens is 3. The Labute approximate surface area is 95.1 Å². The first-order valence-corrected chi connectivity index (χ1v) is 5.40. The number of hydrogen-bond acceptors (Lipinski definition) is 3. The molecule has 0 aliphatic rings. The number of nitrogens with zero attached hydrogens (tertiary/aromatic N) is 3. The van der Waals surface area contributed by atoms with Gasteiger partial charge in [-0.1, -0.05) is 13.8 Å². The van der Waals surface area contributed by atoms with Crippen LogP contribution in [0.15, 0.2) is 30.6 Å². The Bertz CT molecular complexity index is 456. The van der Waals surface area contributed by atoms with Crippen LogP contribution < -0.4 is 5.73 Å². The zero-order valence-electron chi connectivity index (χ0n) is 9.59. The smallest absolute Gasteiger partial charge is 0.181 e. The van der Waals surface area contributed by atoms with E-state index in [1.807, 2.05) is 28.9 Å². The van der Waals surface area contributed by atoms with Gasteiger partial charge >= 0.3 is 0 Å². The third kappa shape index (κ3) is 2.39. The van der Waals surface area contributed by atoms with Gasteiger partial charge in [0.05, 0.1) is 0 Å². The van der Waals surface area contributed by atoms with Crippen molar-refractivity contribution in [2.75, 3.05) is 5.73 Å². The molecule has 2 N–H and O–H groups in total. The predicted octanol–water partition coefficient (Wildman–Crippen LogP) is 2.18. The Kier molecular flexibility index (Phi) is 2.90. The highest BCUT2D eigenvalue weighted by molar-refractivity contribution is 5.57. The van der Waals surface area contributed by atoms with Crippen molar-refractivity contribution in [3.63, 3.8) is 0 Å². The summed E-state index contributed by atoms with van der Waals surface area (Å²) in [5.41, 5.74) is 7.38. The Morgan fingerprint density at radius 2 is 1.94 bits per heavy atom. The van der Waals surface area contributed by atoms with Gasteiger partial charge in [-0.25, -0.2) is 4.98 Å². The van der Waals surface area contributed by atoms with E-state index in [-0.39, 0.29) is 0 Å². The van der Waals surface area contributed by atoms with Gasteiger partial charge < -0.3 is 5.73 Å². The van der Waals surface area contributed by atoms with E-state index in [2.05, 4.69) is 23.9 Å². The van der Waals surface area contributed by atoms with Gasteiger partial charge in [0.2, 0.25) is 0 Å². The molecule has 0 atom stereocenters. The van der Waals surface area contributed by atoms with Crippen LogP contribution in [0, 0.1) is 5.92 Å². The van der Waals surface area contributed by atoms with E-state index in [0.717, 1.165) is 23.6 Å². The summed E-state index contributed by atoms with van der Waals surface area (Å²) in [4.78, 5) is 4.28. The van der Waals surface area contributed by atoms with Gasteiger partial charge in [-0.2, -0.15) is 5.10 Å². The third-order valence-corrected chi connectivity index (χ3v) is 2.26. The first kappa shape index (κ1) is 10.7. The van der Waals surface area contributed by atoms with Gasteiger partial charge in [-0.15, -0.1) is 0 Å². The van der Waals surface area contributed by atoms with Crippen molar-refractivity contribution in [2.24, 2.45) is 5.92 Å². The van der Waals surface area contributed by atoms with Crippen LogP contribution in [-0.4, -0.2) is 14.8 Å². The summed E-state index contributed by atoms with van der Waals surface area (Å²) in [5.74, 6) is 1.32. The molecule has 0 unspecified atom stereocenters. The van der Waals surface area contributed by atoms with Crippen LogP contribution in [0.25, 0.3) is 11.4 Å². The van der Waals surface area contributed by atoms with Gasteiger partial charge in [-0.3, -0.25) is 4.68 Å². The Balaban J connectivity index is 2.21. The maximum Gasteiger partial charge on any atom is 0.181 e. The summed E-state index contributed by atoms with van der Waals surface area (Å²) in [7, 11) is 0. The molecule has 0 fully saturated rings. The maximum atomic E-state index is 5.63. The summed E-state index contributed by atoms with van der Waals surface area (Å²) < 4.78 is 1.87. The molecule has 0 bridgehead atoms. The second-order valence-electron chi connectivity index (χ2n) is 4.31. The van der Waals surface area contributed by atoms with Crippen LogP contribution >= 0.6 is 0 Å². The topological polar surface area (TPSA) is 56.7 Å². The lowest BCUT2D eigenvalue weighted by Gasteiger charge is -2.02. The Morgan fingerprint density at radius 3 is 2.56 bits per heavy atom. The van der Waals surface area contributed by atoms with Crippen LogP contribution in [-0.2, 0) is 6.54 Å². The molecule has 0 saturated carbocycles. The van der Waals surface area contributed by atoms with Gasteiger partial charge in [0.25, 0.3) is 0 Å². The van der Waals surface area contributed by atoms with Crippen molar-refractivity contribution in [3.8, 4) is 11.4 Å². The molecule has 1 aromatic carbocycles. The van der Waals surface area contributed by atoms with E-state index >= 15 is 0 Å². The second kappa shape index (κ2) is 4.35. The molecule has 1 aromatic heterocycles. The largest absolute Gasteiger partial charge is 0.399 e. The molecule has 0 amide bonds. The number of nitrogens with two attached hydrogens (primary N) is 1. The molecule has 0 saturated heterocycles. The number of benzene rings is 1. The van der Waals surface area contributed by atoms with Crippen LogP contribution in [0.1, 0.15) is 13.8 Å². The SMILES string of the molecule is CC(C)Cn1cnc(-c2ccc(N)cc2)n1. The highest BCUT2D eigenvalue weighted by Gasteiger charge is 2.04. The normalized spacial score (nSPS) is 10.9. The lowest BCUT2D eigenvalue weighted by Crippen LogP contribution is -2.04. The molecule has 2 aromatic rings. The zero-order valence-corrected chi connectivity index (χ0v) is 9.59. The number of nitrogen functional groups attached to an aromatic ring is 1. The van der Waals surface area contributed by atoms with Crippen LogP contribution in [0.2, 0.25) is 0 Å². The zero-order chi connectivity index (χ0) is 11.5. The summed E-state index contributed by atoms with van der Waals surface area (Å²) in [5, 5.41) is 4.42. The van der Waals surface area contributed by atoms with Crippen LogP contribution in [0.3, 0.4) is 0 Å².